The molecule has 1 heterocycles. The first-order valence-corrected chi connectivity index (χ1v) is 8.99. The van der Waals surface area contributed by atoms with E-state index in [-0.39, 0.29) is 17.6 Å². The number of rotatable bonds is 7. The number of carbonyl (C=O) groups excluding carboxylic acids is 1. The van der Waals surface area contributed by atoms with Gasteiger partial charge in [0.15, 0.2) is 0 Å². The molecule has 1 aliphatic heterocycles. The van der Waals surface area contributed by atoms with Crippen molar-refractivity contribution in [3.63, 3.8) is 0 Å². The Bertz CT molecular complexity index is 801. The minimum Gasteiger partial charge on any atom is -0.497 e. The van der Waals surface area contributed by atoms with Gasteiger partial charge in [-0.15, -0.1) is 0 Å². The van der Waals surface area contributed by atoms with Crippen molar-refractivity contribution in [3.8, 4) is 5.75 Å². The van der Waals surface area contributed by atoms with Crippen molar-refractivity contribution in [1.82, 2.24) is 10.2 Å². The molecule has 0 bridgehead atoms. The van der Waals surface area contributed by atoms with E-state index in [2.05, 4.69) is 10.2 Å². The van der Waals surface area contributed by atoms with E-state index in [4.69, 9.17) is 4.74 Å². The zero-order valence-electron chi connectivity index (χ0n) is 15.3. The van der Waals surface area contributed by atoms with E-state index in [0.29, 0.717) is 12.1 Å². The van der Waals surface area contributed by atoms with E-state index in [1.807, 2.05) is 24.3 Å². The van der Waals surface area contributed by atoms with Gasteiger partial charge in [-0.25, -0.2) is 0 Å². The number of hydrogen-bond donors (Lipinski definition) is 1. The van der Waals surface area contributed by atoms with Crippen molar-refractivity contribution in [3.05, 3.63) is 69.8 Å². The van der Waals surface area contributed by atoms with E-state index < -0.39 is 4.92 Å². The molecule has 27 heavy (non-hydrogen) atoms. The maximum atomic E-state index is 12.5. The largest absolute Gasteiger partial charge is 0.497 e. The summed E-state index contributed by atoms with van der Waals surface area (Å²) in [6, 6.07) is 13.7. The van der Waals surface area contributed by atoms with Gasteiger partial charge in [-0.3, -0.25) is 19.8 Å². The summed E-state index contributed by atoms with van der Waals surface area (Å²) >= 11 is 0. The highest BCUT2D eigenvalue weighted by molar-refractivity contribution is 5.94. The number of amides is 1. The summed E-state index contributed by atoms with van der Waals surface area (Å²) in [6.45, 7) is 2.42. The van der Waals surface area contributed by atoms with E-state index in [0.717, 1.165) is 37.2 Å². The molecule has 1 unspecified atom stereocenters. The summed E-state index contributed by atoms with van der Waals surface area (Å²) in [5.41, 5.74) is 1.31. The van der Waals surface area contributed by atoms with Crippen LogP contribution in [0, 0.1) is 10.1 Å². The van der Waals surface area contributed by atoms with Crippen LogP contribution < -0.4 is 10.1 Å². The van der Waals surface area contributed by atoms with Gasteiger partial charge in [-0.1, -0.05) is 18.2 Å². The lowest BCUT2D eigenvalue weighted by molar-refractivity contribution is -0.384. The van der Waals surface area contributed by atoms with Gasteiger partial charge in [0.1, 0.15) is 5.75 Å². The van der Waals surface area contributed by atoms with Crippen molar-refractivity contribution in [1.29, 1.82) is 0 Å². The average Bonchev–Trinajstić information content (AvgIpc) is 3.23. The summed E-state index contributed by atoms with van der Waals surface area (Å²) in [7, 11) is 1.63. The number of carbonyl (C=O) groups is 1. The molecule has 1 fully saturated rings. The standard InChI is InChI=1S/C20H23N3O4/c1-27-18-9-7-15(8-10-18)19(22-11-2-3-12-22)14-21-20(24)16-5-4-6-17(13-16)23(25)26/h4-10,13,19H,2-3,11-12,14H2,1H3,(H,21,24). The summed E-state index contributed by atoms with van der Waals surface area (Å²) in [5, 5.41) is 13.8. The first-order valence-electron chi connectivity index (χ1n) is 8.99. The first-order chi connectivity index (χ1) is 13.1. The van der Waals surface area contributed by atoms with Crippen molar-refractivity contribution in [2.24, 2.45) is 0 Å². The molecule has 1 aliphatic rings. The van der Waals surface area contributed by atoms with E-state index in [1.165, 1.54) is 18.2 Å². The van der Waals surface area contributed by atoms with Crippen molar-refractivity contribution < 1.29 is 14.5 Å². The third-order valence-corrected chi connectivity index (χ3v) is 4.86. The molecule has 0 aromatic heterocycles. The molecule has 2 aromatic rings. The molecule has 0 saturated carbocycles. The molecule has 7 nitrogen and oxygen atoms in total. The Hall–Kier alpha value is -2.93. The predicted molar refractivity (Wildman–Crippen MR) is 102 cm³/mol. The fraction of sp³-hybridized carbons (Fsp3) is 0.350. The van der Waals surface area contributed by atoms with E-state index >= 15 is 0 Å². The van der Waals surface area contributed by atoms with Crippen LogP contribution in [0.2, 0.25) is 0 Å². The Morgan fingerprint density at radius 3 is 2.56 bits per heavy atom. The Morgan fingerprint density at radius 2 is 1.93 bits per heavy atom. The average molecular weight is 369 g/mol. The van der Waals surface area contributed by atoms with Crippen LogP contribution in [0.15, 0.2) is 48.5 Å². The number of benzene rings is 2. The Morgan fingerprint density at radius 1 is 1.22 bits per heavy atom. The van der Waals surface area contributed by atoms with Crippen LogP contribution in [0.1, 0.15) is 34.8 Å². The topological polar surface area (TPSA) is 84.7 Å². The third kappa shape index (κ3) is 4.62. The fourth-order valence-corrected chi connectivity index (χ4v) is 3.39. The summed E-state index contributed by atoms with van der Waals surface area (Å²) in [5.74, 6) is 0.482. The normalized spacial score (nSPS) is 15.3. The Labute approximate surface area is 158 Å². The van der Waals surface area contributed by atoms with Gasteiger partial charge in [0.2, 0.25) is 0 Å². The summed E-state index contributed by atoms with van der Waals surface area (Å²) in [4.78, 5) is 25.3. The zero-order valence-corrected chi connectivity index (χ0v) is 15.3. The second-order valence-electron chi connectivity index (χ2n) is 6.55. The Kier molecular flexibility index (Phi) is 6.03. The molecule has 7 heteroatoms. The quantitative estimate of drug-likeness (QED) is 0.598. The van der Waals surface area contributed by atoms with Crippen molar-refractivity contribution in [2.45, 2.75) is 18.9 Å². The van der Waals surface area contributed by atoms with Crippen LogP contribution in [-0.4, -0.2) is 42.5 Å². The first kappa shape index (κ1) is 18.8. The Balaban J connectivity index is 1.73. The van der Waals surface area contributed by atoms with Gasteiger partial charge in [-0.05, 0) is 49.7 Å². The van der Waals surface area contributed by atoms with Gasteiger partial charge in [0, 0.05) is 24.2 Å². The highest BCUT2D eigenvalue weighted by Gasteiger charge is 2.24. The molecule has 2 aromatic carbocycles. The molecule has 3 rings (SSSR count). The molecule has 1 N–H and O–H groups in total. The van der Waals surface area contributed by atoms with Crippen LogP contribution >= 0.6 is 0 Å². The number of hydrogen-bond acceptors (Lipinski definition) is 5. The molecular weight excluding hydrogens is 346 g/mol. The second kappa shape index (κ2) is 8.64. The summed E-state index contributed by atoms with van der Waals surface area (Å²) < 4.78 is 5.22. The second-order valence-corrected chi connectivity index (χ2v) is 6.55. The number of nitro groups is 1. The van der Waals surface area contributed by atoms with Gasteiger partial charge < -0.3 is 10.1 Å². The monoisotopic (exact) mass is 369 g/mol. The lowest BCUT2D eigenvalue weighted by Gasteiger charge is -2.28. The number of nitrogens with zero attached hydrogens (tertiary/aromatic N) is 2. The lowest BCUT2D eigenvalue weighted by atomic mass is 10.0. The molecular formula is C20H23N3O4. The van der Waals surface area contributed by atoms with Gasteiger partial charge in [-0.2, -0.15) is 0 Å². The smallest absolute Gasteiger partial charge is 0.270 e. The van der Waals surface area contributed by atoms with Crippen molar-refractivity contribution >= 4 is 11.6 Å². The molecule has 1 atom stereocenters. The number of nitro benzene ring substituents is 1. The molecule has 0 radical (unpaired) electrons. The van der Waals surface area contributed by atoms with Crippen LogP contribution in [0.5, 0.6) is 5.75 Å². The van der Waals surface area contributed by atoms with E-state index in [9.17, 15) is 14.9 Å². The molecule has 142 valence electrons. The maximum Gasteiger partial charge on any atom is 0.270 e. The number of ether oxygens (including phenoxy) is 1. The SMILES string of the molecule is COc1ccc(C(CNC(=O)c2cccc([N+](=O)[O-])c2)N2CCCC2)cc1. The fourth-order valence-electron chi connectivity index (χ4n) is 3.39. The summed E-state index contributed by atoms with van der Waals surface area (Å²) in [6.07, 6.45) is 2.29. The minimum atomic E-state index is -0.499. The predicted octanol–water partition coefficient (Wildman–Crippen LogP) is 3.17. The van der Waals surface area contributed by atoms with Crippen LogP contribution in [0.3, 0.4) is 0 Å². The zero-order chi connectivity index (χ0) is 19.2. The highest BCUT2D eigenvalue weighted by Crippen LogP contribution is 2.26. The number of non-ortho nitro benzene ring substituents is 1. The van der Waals surface area contributed by atoms with Crippen LogP contribution in [-0.2, 0) is 0 Å². The number of likely N-dealkylation sites (tertiary alicyclic amines) is 1. The lowest BCUT2D eigenvalue weighted by Crippen LogP contribution is -2.36. The van der Waals surface area contributed by atoms with E-state index in [1.54, 1.807) is 13.2 Å². The molecule has 0 aliphatic carbocycles. The molecule has 0 spiro atoms. The van der Waals surface area contributed by atoms with Crippen LogP contribution in [0.25, 0.3) is 0 Å². The molecule has 1 amide bonds. The van der Waals surface area contributed by atoms with Gasteiger partial charge >= 0.3 is 0 Å². The number of methoxy groups -OCH3 is 1. The van der Waals surface area contributed by atoms with Crippen LogP contribution in [0.4, 0.5) is 5.69 Å². The highest BCUT2D eigenvalue weighted by atomic mass is 16.6. The van der Waals surface area contributed by atoms with Gasteiger partial charge in [0.05, 0.1) is 18.1 Å². The molecule has 1 saturated heterocycles. The van der Waals surface area contributed by atoms with Crippen molar-refractivity contribution in [2.75, 3.05) is 26.7 Å². The third-order valence-electron chi connectivity index (χ3n) is 4.86. The maximum absolute atomic E-state index is 12.5. The minimum absolute atomic E-state index is 0.0565. The number of nitrogens with one attached hydrogen (secondary N) is 1. The van der Waals surface area contributed by atoms with Gasteiger partial charge in [0.25, 0.3) is 11.6 Å².